The van der Waals surface area contributed by atoms with Crippen LogP contribution in [0.25, 0.3) is 10.9 Å². The number of hydrogen-bond donors (Lipinski definition) is 1. The Hall–Kier alpha value is -2.50. The number of benzene rings is 2. The quantitative estimate of drug-likeness (QED) is 0.668. The Labute approximate surface area is 160 Å². The van der Waals surface area contributed by atoms with Crippen LogP contribution in [0, 0.1) is 0 Å². The fourth-order valence-electron chi connectivity index (χ4n) is 2.72. The Balaban J connectivity index is 1.76. The number of amides is 1. The highest BCUT2D eigenvalue weighted by molar-refractivity contribution is 6.35. The average Bonchev–Trinajstić information content (AvgIpc) is 2.99. The van der Waals surface area contributed by atoms with E-state index < -0.39 is 5.97 Å². The number of methoxy groups -OCH3 is 1. The van der Waals surface area contributed by atoms with E-state index in [4.69, 9.17) is 27.9 Å². The molecule has 0 saturated heterocycles. The summed E-state index contributed by atoms with van der Waals surface area (Å²) in [7, 11) is 1.33. The van der Waals surface area contributed by atoms with Crippen molar-refractivity contribution < 1.29 is 14.3 Å². The zero-order chi connectivity index (χ0) is 18.7. The highest BCUT2D eigenvalue weighted by Gasteiger charge is 2.16. The first kappa shape index (κ1) is 18.3. The molecule has 0 aliphatic rings. The lowest BCUT2D eigenvalue weighted by atomic mass is 10.2. The van der Waals surface area contributed by atoms with E-state index in [0.717, 1.165) is 16.5 Å². The summed E-state index contributed by atoms with van der Waals surface area (Å²) in [5, 5.41) is 4.60. The van der Waals surface area contributed by atoms with Crippen LogP contribution in [0.4, 0.5) is 0 Å². The van der Waals surface area contributed by atoms with Gasteiger partial charge in [0.15, 0.2) is 0 Å². The van der Waals surface area contributed by atoms with Gasteiger partial charge in [-0.2, -0.15) is 0 Å². The molecule has 0 aliphatic heterocycles. The summed E-state index contributed by atoms with van der Waals surface area (Å²) in [6, 6.07) is 12.5. The van der Waals surface area contributed by atoms with Gasteiger partial charge in [0.1, 0.15) is 6.54 Å². The molecule has 3 aromatic rings. The molecule has 0 radical (unpaired) electrons. The van der Waals surface area contributed by atoms with E-state index in [1.54, 1.807) is 29.0 Å². The van der Waals surface area contributed by atoms with Gasteiger partial charge in [0.05, 0.1) is 12.7 Å². The van der Waals surface area contributed by atoms with Gasteiger partial charge in [-0.25, -0.2) is 4.79 Å². The SMILES string of the molecule is COC(=O)c1cn(CC(=O)NCc2ccc(Cl)cc2Cl)c2ccccc12. The number of rotatable bonds is 5. The molecule has 1 aromatic heterocycles. The summed E-state index contributed by atoms with van der Waals surface area (Å²) in [4.78, 5) is 24.3. The summed E-state index contributed by atoms with van der Waals surface area (Å²) < 4.78 is 6.54. The number of fused-ring (bicyclic) bond motifs is 1. The molecule has 1 amide bonds. The fraction of sp³-hybridized carbons (Fsp3) is 0.158. The minimum absolute atomic E-state index is 0.0721. The van der Waals surface area contributed by atoms with Crippen LogP contribution in [0.2, 0.25) is 10.0 Å². The van der Waals surface area contributed by atoms with Gasteiger partial charge < -0.3 is 14.6 Å². The molecule has 5 nitrogen and oxygen atoms in total. The maximum absolute atomic E-state index is 12.3. The number of ether oxygens (including phenoxy) is 1. The first-order valence-corrected chi connectivity index (χ1v) is 8.62. The van der Waals surface area contributed by atoms with Crippen molar-refractivity contribution in [3.63, 3.8) is 0 Å². The van der Waals surface area contributed by atoms with Crippen LogP contribution in [0.1, 0.15) is 15.9 Å². The molecule has 0 bridgehead atoms. The third-order valence-corrected chi connectivity index (χ3v) is 4.59. The lowest BCUT2D eigenvalue weighted by molar-refractivity contribution is -0.121. The first-order chi connectivity index (χ1) is 12.5. The number of nitrogens with one attached hydrogen (secondary N) is 1. The van der Waals surface area contributed by atoms with Gasteiger partial charge in [-0.15, -0.1) is 0 Å². The second kappa shape index (κ2) is 7.81. The minimum atomic E-state index is -0.437. The number of halogens is 2. The van der Waals surface area contributed by atoms with Gasteiger partial charge >= 0.3 is 5.97 Å². The van der Waals surface area contributed by atoms with Crippen LogP contribution in [-0.4, -0.2) is 23.6 Å². The monoisotopic (exact) mass is 390 g/mol. The topological polar surface area (TPSA) is 60.3 Å². The largest absolute Gasteiger partial charge is 0.465 e. The Bertz CT molecular complexity index is 982. The molecule has 134 valence electrons. The van der Waals surface area contributed by atoms with Crippen LogP contribution < -0.4 is 5.32 Å². The van der Waals surface area contributed by atoms with Gasteiger partial charge in [0, 0.05) is 33.7 Å². The van der Waals surface area contributed by atoms with Crippen molar-refractivity contribution in [1.82, 2.24) is 9.88 Å². The summed E-state index contributed by atoms with van der Waals surface area (Å²) >= 11 is 12.0. The zero-order valence-corrected chi connectivity index (χ0v) is 15.5. The van der Waals surface area contributed by atoms with Gasteiger partial charge in [-0.3, -0.25) is 4.79 Å². The number of carbonyl (C=O) groups excluding carboxylic acids is 2. The molecule has 2 aromatic carbocycles. The molecule has 26 heavy (non-hydrogen) atoms. The number of nitrogens with zero attached hydrogens (tertiary/aromatic N) is 1. The number of para-hydroxylation sites is 1. The van der Waals surface area contributed by atoms with Gasteiger partial charge in [0.2, 0.25) is 5.91 Å². The molecule has 3 rings (SSSR count). The maximum Gasteiger partial charge on any atom is 0.340 e. The third kappa shape index (κ3) is 3.84. The Kier molecular flexibility index (Phi) is 5.49. The number of carbonyl (C=O) groups is 2. The highest BCUT2D eigenvalue weighted by atomic mass is 35.5. The minimum Gasteiger partial charge on any atom is -0.465 e. The molecule has 7 heteroatoms. The summed E-state index contributed by atoms with van der Waals surface area (Å²) in [5.41, 5.74) is 1.99. The van der Waals surface area contributed by atoms with Crippen molar-refractivity contribution in [2.45, 2.75) is 13.1 Å². The van der Waals surface area contributed by atoms with Crippen molar-refractivity contribution in [2.24, 2.45) is 0 Å². The second-order valence-corrected chi connectivity index (χ2v) is 6.54. The van der Waals surface area contributed by atoms with Crippen LogP contribution in [-0.2, 0) is 22.6 Å². The van der Waals surface area contributed by atoms with Crippen molar-refractivity contribution in [1.29, 1.82) is 0 Å². The van der Waals surface area contributed by atoms with E-state index in [2.05, 4.69) is 5.32 Å². The summed E-state index contributed by atoms with van der Waals surface area (Å²) in [6.45, 7) is 0.362. The van der Waals surface area contributed by atoms with E-state index in [9.17, 15) is 9.59 Å². The number of aromatic nitrogens is 1. The van der Waals surface area contributed by atoms with Crippen molar-refractivity contribution in [3.8, 4) is 0 Å². The predicted octanol–water partition coefficient (Wildman–Crippen LogP) is 4.05. The standard InChI is InChI=1S/C19H16Cl2N2O3/c1-26-19(25)15-10-23(17-5-3-2-4-14(15)17)11-18(24)22-9-12-6-7-13(20)8-16(12)21/h2-8,10H,9,11H2,1H3,(H,22,24). The first-order valence-electron chi connectivity index (χ1n) is 7.86. The molecule has 0 spiro atoms. The van der Waals surface area contributed by atoms with Gasteiger partial charge in [0.25, 0.3) is 0 Å². The molecular weight excluding hydrogens is 375 g/mol. The maximum atomic E-state index is 12.3. The molecule has 1 heterocycles. The van der Waals surface area contributed by atoms with Crippen molar-refractivity contribution in [2.75, 3.05) is 7.11 Å². The number of esters is 1. The molecule has 0 fully saturated rings. The molecular formula is C19H16Cl2N2O3. The van der Waals surface area contributed by atoms with Crippen LogP contribution in [0.5, 0.6) is 0 Å². The van der Waals surface area contributed by atoms with Crippen LogP contribution >= 0.6 is 23.2 Å². The van der Waals surface area contributed by atoms with E-state index >= 15 is 0 Å². The average molecular weight is 391 g/mol. The fourth-order valence-corrected chi connectivity index (χ4v) is 3.19. The second-order valence-electron chi connectivity index (χ2n) is 5.69. The van der Waals surface area contributed by atoms with Gasteiger partial charge in [-0.1, -0.05) is 47.5 Å². The normalized spacial score (nSPS) is 10.7. The third-order valence-electron chi connectivity index (χ3n) is 4.00. The van der Waals surface area contributed by atoms with Gasteiger partial charge in [-0.05, 0) is 23.8 Å². The number of hydrogen-bond acceptors (Lipinski definition) is 3. The zero-order valence-electron chi connectivity index (χ0n) is 14.0. The molecule has 0 saturated carbocycles. The Morgan fingerprint density at radius 2 is 1.92 bits per heavy atom. The summed E-state index contributed by atoms with van der Waals surface area (Å²) in [5.74, 6) is -0.638. The Morgan fingerprint density at radius 1 is 1.15 bits per heavy atom. The molecule has 1 N–H and O–H groups in total. The summed E-state index contributed by atoms with van der Waals surface area (Å²) in [6.07, 6.45) is 1.63. The lowest BCUT2D eigenvalue weighted by Crippen LogP contribution is -2.27. The predicted molar refractivity (Wildman–Crippen MR) is 102 cm³/mol. The Morgan fingerprint density at radius 3 is 2.65 bits per heavy atom. The van der Waals surface area contributed by atoms with E-state index in [-0.39, 0.29) is 19.0 Å². The molecule has 0 aliphatic carbocycles. The van der Waals surface area contributed by atoms with Crippen molar-refractivity contribution in [3.05, 3.63) is 69.8 Å². The van der Waals surface area contributed by atoms with Crippen LogP contribution in [0.3, 0.4) is 0 Å². The smallest absolute Gasteiger partial charge is 0.340 e. The van der Waals surface area contributed by atoms with E-state index in [1.807, 2.05) is 24.3 Å². The van der Waals surface area contributed by atoms with Crippen LogP contribution in [0.15, 0.2) is 48.7 Å². The van der Waals surface area contributed by atoms with E-state index in [0.29, 0.717) is 15.6 Å². The van der Waals surface area contributed by atoms with Crippen molar-refractivity contribution >= 4 is 46.0 Å². The molecule has 0 unspecified atom stereocenters. The highest BCUT2D eigenvalue weighted by Crippen LogP contribution is 2.23. The van der Waals surface area contributed by atoms with E-state index in [1.165, 1.54) is 7.11 Å². The molecule has 0 atom stereocenters. The lowest BCUT2D eigenvalue weighted by Gasteiger charge is -2.09.